The Morgan fingerprint density at radius 1 is 1.15 bits per heavy atom. The van der Waals surface area contributed by atoms with Gasteiger partial charge < -0.3 is 10.2 Å². The van der Waals surface area contributed by atoms with E-state index in [1.165, 1.54) is 22.3 Å². The summed E-state index contributed by atoms with van der Waals surface area (Å²) in [6.07, 6.45) is 3.97. The maximum Gasteiger partial charge on any atom is 0.246 e. The Morgan fingerprint density at radius 3 is 2.67 bits per heavy atom. The molecular weight excluding hydrogens is 358 g/mol. The molecule has 0 saturated carbocycles. The fourth-order valence-electron chi connectivity index (χ4n) is 2.66. The normalized spacial score (nSPS) is 11.0. The van der Waals surface area contributed by atoms with Crippen LogP contribution < -0.4 is 5.32 Å². The van der Waals surface area contributed by atoms with Crippen molar-refractivity contribution in [2.75, 3.05) is 18.9 Å². The molecule has 2 amide bonds. The Morgan fingerprint density at radius 2 is 1.89 bits per heavy atom. The van der Waals surface area contributed by atoms with E-state index in [9.17, 15) is 9.59 Å². The third kappa shape index (κ3) is 4.80. The summed E-state index contributed by atoms with van der Waals surface area (Å²) in [7, 11) is 1.61. The van der Waals surface area contributed by atoms with Gasteiger partial charge in [-0.1, -0.05) is 37.3 Å². The van der Waals surface area contributed by atoms with Crippen LogP contribution >= 0.6 is 11.3 Å². The largest absolute Gasteiger partial charge is 0.333 e. The summed E-state index contributed by atoms with van der Waals surface area (Å²) in [5.74, 6) is -0.465. The standard InChI is InChI=1S/C21H21N3O2S/c1-3-15-8-4-5-9-16(15)22-19(25)14-24(2)21(26)13-12-20-23-17-10-6-7-11-18(17)27-20/h4-13H,3,14H2,1-2H3,(H,22,25). The first kappa shape index (κ1) is 18.8. The number of nitrogens with one attached hydrogen (secondary N) is 1. The summed E-state index contributed by atoms with van der Waals surface area (Å²) in [5.41, 5.74) is 2.77. The number of hydrogen-bond donors (Lipinski definition) is 1. The lowest BCUT2D eigenvalue weighted by Gasteiger charge is -2.16. The van der Waals surface area contributed by atoms with E-state index in [2.05, 4.69) is 10.3 Å². The number of benzene rings is 2. The molecule has 0 aliphatic heterocycles. The average Bonchev–Trinajstić information content (AvgIpc) is 3.09. The topological polar surface area (TPSA) is 62.3 Å². The van der Waals surface area contributed by atoms with Crippen molar-refractivity contribution in [3.05, 3.63) is 65.2 Å². The van der Waals surface area contributed by atoms with Gasteiger partial charge in [0.05, 0.1) is 16.8 Å². The third-order valence-corrected chi connectivity index (χ3v) is 5.11. The molecule has 1 heterocycles. The Balaban J connectivity index is 1.59. The molecule has 5 nitrogen and oxygen atoms in total. The second kappa shape index (κ2) is 8.60. The molecule has 0 saturated heterocycles. The number of rotatable bonds is 6. The summed E-state index contributed by atoms with van der Waals surface area (Å²) in [4.78, 5) is 30.4. The van der Waals surface area contributed by atoms with E-state index in [0.29, 0.717) is 0 Å². The summed E-state index contributed by atoms with van der Waals surface area (Å²) >= 11 is 1.52. The Hall–Kier alpha value is -2.99. The molecule has 0 spiro atoms. The molecule has 0 fully saturated rings. The van der Waals surface area contributed by atoms with Crippen LogP contribution in [0, 0.1) is 0 Å². The van der Waals surface area contributed by atoms with Crippen molar-refractivity contribution in [1.29, 1.82) is 0 Å². The fraction of sp³-hybridized carbons (Fsp3) is 0.190. The van der Waals surface area contributed by atoms with Crippen molar-refractivity contribution >= 4 is 45.1 Å². The van der Waals surface area contributed by atoms with Gasteiger partial charge in [-0.3, -0.25) is 9.59 Å². The van der Waals surface area contributed by atoms with Crippen LogP contribution in [0.2, 0.25) is 0 Å². The molecule has 0 unspecified atom stereocenters. The summed E-state index contributed by atoms with van der Waals surface area (Å²) < 4.78 is 1.08. The second-order valence-electron chi connectivity index (χ2n) is 6.11. The molecule has 1 aromatic heterocycles. The second-order valence-corrected chi connectivity index (χ2v) is 7.17. The molecule has 0 aliphatic rings. The van der Waals surface area contributed by atoms with Crippen LogP contribution in [0.5, 0.6) is 0 Å². The number of likely N-dealkylation sites (N-methyl/N-ethyl adjacent to an activating group) is 1. The van der Waals surface area contributed by atoms with Gasteiger partial charge in [-0.15, -0.1) is 11.3 Å². The van der Waals surface area contributed by atoms with Gasteiger partial charge in [0.2, 0.25) is 11.8 Å². The van der Waals surface area contributed by atoms with Crippen LogP contribution in [0.25, 0.3) is 16.3 Å². The van der Waals surface area contributed by atoms with E-state index in [1.54, 1.807) is 13.1 Å². The van der Waals surface area contributed by atoms with Gasteiger partial charge in [0.1, 0.15) is 5.01 Å². The zero-order chi connectivity index (χ0) is 19.2. The Bertz CT molecular complexity index is 961. The average molecular weight is 379 g/mol. The number of anilines is 1. The molecule has 0 bridgehead atoms. The number of aromatic nitrogens is 1. The number of nitrogens with zero attached hydrogens (tertiary/aromatic N) is 2. The lowest BCUT2D eigenvalue weighted by Crippen LogP contribution is -2.34. The number of amides is 2. The lowest BCUT2D eigenvalue weighted by molar-refractivity contribution is -0.129. The Labute approximate surface area is 162 Å². The first-order chi connectivity index (χ1) is 13.1. The van der Waals surface area contributed by atoms with E-state index in [4.69, 9.17) is 0 Å². The van der Waals surface area contributed by atoms with Crippen LogP contribution in [0.1, 0.15) is 17.5 Å². The van der Waals surface area contributed by atoms with Crippen LogP contribution in [0.15, 0.2) is 54.6 Å². The van der Waals surface area contributed by atoms with Crippen molar-refractivity contribution in [1.82, 2.24) is 9.88 Å². The minimum absolute atomic E-state index is 0.0128. The van der Waals surface area contributed by atoms with Gasteiger partial charge in [0.25, 0.3) is 0 Å². The van der Waals surface area contributed by atoms with Gasteiger partial charge in [-0.25, -0.2) is 4.98 Å². The quantitative estimate of drug-likeness (QED) is 0.659. The minimum atomic E-state index is -0.242. The Kier molecular flexibility index (Phi) is 5.98. The van der Waals surface area contributed by atoms with Gasteiger partial charge in [-0.05, 0) is 36.3 Å². The highest BCUT2D eigenvalue weighted by atomic mass is 32.1. The van der Waals surface area contributed by atoms with Crippen molar-refractivity contribution < 1.29 is 9.59 Å². The highest BCUT2D eigenvalue weighted by Crippen LogP contribution is 2.22. The minimum Gasteiger partial charge on any atom is -0.333 e. The molecule has 0 aliphatic carbocycles. The number of fused-ring (bicyclic) bond motifs is 1. The van der Waals surface area contributed by atoms with E-state index >= 15 is 0 Å². The fourth-order valence-corrected chi connectivity index (χ4v) is 3.54. The van der Waals surface area contributed by atoms with Gasteiger partial charge >= 0.3 is 0 Å². The van der Waals surface area contributed by atoms with Crippen molar-refractivity contribution in [3.63, 3.8) is 0 Å². The maximum atomic E-state index is 12.3. The molecule has 3 aromatic rings. The molecule has 138 valence electrons. The van der Waals surface area contributed by atoms with Crippen LogP contribution in [0.3, 0.4) is 0 Å². The molecule has 0 radical (unpaired) electrons. The van der Waals surface area contributed by atoms with Crippen molar-refractivity contribution in [2.45, 2.75) is 13.3 Å². The van der Waals surface area contributed by atoms with Crippen LogP contribution in [-0.2, 0) is 16.0 Å². The van der Waals surface area contributed by atoms with E-state index < -0.39 is 0 Å². The van der Waals surface area contributed by atoms with Crippen molar-refractivity contribution in [2.24, 2.45) is 0 Å². The smallest absolute Gasteiger partial charge is 0.246 e. The van der Waals surface area contributed by atoms with E-state index in [0.717, 1.165) is 32.9 Å². The molecule has 0 atom stereocenters. The first-order valence-electron chi connectivity index (χ1n) is 8.73. The number of hydrogen-bond acceptors (Lipinski definition) is 4. The predicted molar refractivity (Wildman–Crippen MR) is 111 cm³/mol. The predicted octanol–water partition coefficient (Wildman–Crippen LogP) is 3.97. The molecule has 6 heteroatoms. The molecule has 1 N–H and O–H groups in total. The molecule has 27 heavy (non-hydrogen) atoms. The molecule has 3 rings (SSSR count). The zero-order valence-electron chi connectivity index (χ0n) is 15.3. The highest BCUT2D eigenvalue weighted by Gasteiger charge is 2.12. The number of carbonyl (C=O) groups is 2. The number of para-hydroxylation sites is 2. The number of thiazole rings is 1. The summed E-state index contributed by atoms with van der Waals surface area (Å²) in [5, 5.41) is 3.63. The number of carbonyl (C=O) groups excluding carboxylic acids is 2. The zero-order valence-corrected chi connectivity index (χ0v) is 16.1. The lowest BCUT2D eigenvalue weighted by atomic mass is 10.1. The van der Waals surface area contributed by atoms with Gasteiger partial charge in [0.15, 0.2) is 0 Å². The van der Waals surface area contributed by atoms with Gasteiger partial charge in [0, 0.05) is 18.8 Å². The van der Waals surface area contributed by atoms with Crippen molar-refractivity contribution in [3.8, 4) is 0 Å². The van der Waals surface area contributed by atoms with E-state index in [1.807, 2.05) is 55.5 Å². The van der Waals surface area contributed by atoms with Crippen LogP contribution in [0.4, 0.5) is 5.69 Å². The molecular formula is C21H21N3O2S. The van der Waals surface area contributed by atoms with Gasteiger partial charge in [-0.2, -0.15) is 0 Å². The van der Waals surface area contributed by atoms with E-state index in [-0.39, 0.29) is 18.4 Å². The highest BCUT2D eigenvalue weighted by molar-refractivity contribution is 7.19. The number of aryl methyl sites for hydroxylation is 1. The third-order valence-electron chi connectivity index (χ3n) is 4.11. The summed E-state index contributed by atoms with van der Waals surface area (Å²) in [6.45, 7) is 2.02. The molecule has 2 aromatic carbocycles. The monoisotopic (exact) mass is 379 g/mol. The first-order valence-corrected chi connectivity index (χ1v) is 9.55. The summed E-state index contributed by atoms with van der Waals surface area (Å²) in [6, 6.07) is 15.5. The maximum absolute atomic E-state index is 12.3. The van der Waals surface area contributed by atoms with Crippen LogP contribution in [-0.4, -0.2) is 35.3 Å². The SMILES string of the molecule is CCc1ccccc1NC(=O)CN(C)C(=O)C=Cc1nc2ccccc2s1.